The molecular formula is C15H27N3O. The number of hydrogen-bond donors (Lipinski definition) is 1. The number of aryl methyl sites for hydroxylation is 2. The topological polar surface area (TPSA) is 53.1 Å². The van der Waals surface area contributed by atoms with Crippen molar-refractivity contribution < 1.29 is 4.74 Å². The molecule has 2 heterocycles. The zero-order valence-electron chi connectivity index (χ0n) is 12.5. The van der Waals surface area contributed by atoms with Crippen molar-refractivity contribution in [2.45, 2.75) is 71.6 Å². The Morgan fingerprint density at radius 1 is 1.47 bits per heavy atom. The van der Waals surface area contributed by atoms with Crippen LogP contribution in [0, 0.1) is 13.8 Å². The average Bonchev–Trinajstić information content (AvgIpc) is 2.98. The fraction of sp³-hybridized carbons (Fsp3) is 0.800. The van der Waals surface area contributed by atoms with E-state index in [-0.39, 0.29) is 6.04 Å². The second-order valence-electron chi connectivity index (χ2n) is 5.60. The van der Waals surface area contributed by atoms with E-state index in [9.17, 15) is 0 Å². The van der Waals surface area contributed by atoms with E-state index in [1.54, 1.807) is 0 Å². The van der Waals surface area contributed by atoms with Crippen molar-refractivity contribution in [1.29, 1.82) is 0 Å². The van der Waals surface area contributed by atoms with Crippen LogP contribution < -0.4 is 5.73 Å². The molecule has 0 aliphatic carbocycles. The standard InChI is InChI=1S/C15H27N3O/c1-4-14(16)15-11(2)17-18(12(15)3)9-5-7-13-8-6-10-19-13/h13-14H,4-10,16H2,1-3H3. The fourth-order valence-electron chi connectivity index (χ4n) is 3.01. The van der Waals surface area contributed by atoms with Crippen molar-refractivity contribution in [3.05, 3.63) is 17.0 Å². The maximum absolute atomic E-state index is 6.16. The van der Waals surface area contributed by atoms with Crippen molar-refractivity contribution >= 4 is 0 Å². The van der Waals surface area contributed by atoms with Crippen LogP contribution in [0.5, 0.6) is 0 Å². The van der Waals surface area contributed by atoms with Gasteiger partial charge in [0.05, 0.1) is 11.8 Å². The predicted molar refractivity (Wildman–Crippen MR) is 77.1 cm³/mol. The molecule has 1 fully saturated rings. The lowest BCUT2D eigenvalue weighted by atomic mass is 10.0. The van der Waals surface area contributed by atoms with Crippen molar-refractivity contribution in [3.8, 4) is 0 Å². The molecule has 4 nitrogen and oxygen atoms in total. The quantitative estimate of drug-likeness (QED) is 0.860. The lowest BCUT2D eigenvalue weighted by Gasteiger charge is -2.11. The van der Waals surface area contributed by atoms with Gasteiger partial charge in [-0.15, -0.1) is 0 Å². The molecule has 1 aromatic heterocycles. The van der Waals surface area contributed by atoms with E-state index in [0.717, 1.165) is 38.1 Å². The van der Waals surface area contributed by atoms with Gasteiger partial charge in [-0.1, -0.05) is 6.92 Å². The Kier molecular flexibility index (Phi) is 4.99. The van der Waals surface area contributed by atoms with Gasteiger partial charge in [0.1, 0.15) is 0 Å². The van der Waals surface area contributed by atoms with E-state index in [1.807, 2.05) is 0 Å². The molecule has 2 atom stereocenters. The first-order valence-corrected chi connectivity index (χ1v) is 7.54. The highest BCUT2D eigenvalue weighted by atomic mass is 16.5. The van der Waals surface area contributed by atoms with Gasteiger partial charge in [-0.2, -0.15) is 5.10 Å². The van der Waals surface area contributed by atoms with Crippen LogP contribution in [0.3, 0.4) is 0 Å². The Bertz CT molecular complexity index is 408. The summed E-state index contributed by atoms with van der Waals surface area (Å²) in [6.45, 7) is 8.24. The molecule has 0 saturated carbocycles. The summed E-state index contributed by atoms with van der Waals surface area (Å²) in [6, 6.07) is 0.118. The summed E-state index contributed by atoms with van der Waals surface area (Å²) >= 11 is 0. The summed E-state index contributed by atoms with van der Waals surface area (Å²) in [5, 5.41) is 4.64. The van der Waals surface area contributed by atoms with Gasteiger partial charge in [0.2, 0.25) is 0 Å². The van der Waals surface area contributed by atoms with E-state index < -0.39 is 0 Å². The Balaban J connectivity index is 1.93. The smallest absolute Gasteiger partial charge is 0.0644 e. The Morgan fingerprint density at radius 2 is 2.26 bits per heavy atom. The summed E-state index contributed by atoms with van der Waals surface area (Å²) in [4.78, 5) is 0. The molecule has 1 saturated heterocycles. The summed E-state index contributed by atoms with van der Waals surface area (Å²) in [5.41, 5.74) is 9.72. The molecule has 108 valence electrons. The van der Waals surface area contributed by atoms with Crippen molar-refractivity contribution in [3.63, 3.8) is 0 Å². The molecule has 0 aromatic carbocycles. The number of ether oxygens (including phenoxy) is 1. The van der Waals surface area contributed by atoms with Crippen molar-refractivity contribution in [2.75, 3.05) is 6.61 Å². The lowest BCUT2D eigenvalue weighted by molar-refractivity contribution is 0.101. The molecule has 19 heavy (non-hydrogen) atoms. The summed E-state index contributed by atoms with van der Waals surface area (Å²) in [6.07, 6.45) is 6.17. The molecule has 4 heteroatoms. The number of hydrogen-bond acceptors (Lipinski definition) is 3. The highest BCUT2D eigenvalue weighted by Crippen LogP contribution is 2.23. The Labute approximate surface area is 116 Å². The van der Waals surface area contributed by atoms with E-state index in [0.29, 0.717) is 6.10 Å². The van der Waals surface area contributed by atoms with Gasteiger partial charge in [0, 0.05) is 30.5 Å². The fourth-order valence-corrected chi connectivity index (χ4v) is 3.01. The van der Waals surface area contributed by atoms with Crippen LogP contribution >= 0.6 is 0 Å². The van der Waals surface area contributed by atoms with E-state index in [4.69, 9.17) is 10.5 Å². The number of aromatic nitrogens is 2. The molecule has 0 radical (unpaired) electrons. The number of nitrogens with two attached hydrogens (primary N) is 1. The van der Waals surface area contributed by atoms with Gasteiger partial charge in [0.25, 0.3) is 0 Å². The van der Waals surface area contributed by atoms with Crippen LogP contribution in [-0.4, -0.2) is 22.5 Å². The van der Waals surface area contributed by atoms with Crippen LogP contribution in [-0.2, 0) is 11.3 Å². The highest BCUT2D eigenvalue weighted by molar-refractivity contribution is 5.27. The van der Waals surface area contributed by atoms with Gasteiger partial charge in [-0.05, 0) is 46.0 Å². The third-order valence-electron chi connectivity index (χ3n) is 4.17. The molecule has 1 aromatic rings. The molecule has 2 N–H and O–H groups in total. The third-order valence-corrected chi connectivity index (χ3v) is 4.17. The summed E-state index contributed by atoms with van der Waals surface area (Å²) in [7, 11) is 0. The molecule has 1 aliphatic heterocycles. The number of nitrogens with zero attached hydrogens (tertiary/aromatic N) is 2. The highest BCUT2D eigenvalue weighted by Gasteiger charge is 2.18. The predicted octanol–water partition coefficient (Wildman–Crippen LogP) is 2.87. The maximum atomic E-state index is 6.16. The lowest BCUT2D eigenvalue weighted by Crippen LogP contribution is -2.12. The second-order valence-corrected chi connectivity index (χ2v) is 5.60. The molecule has 1 aliphatic rings. The molecule has 0 amide bonds. The van der Waals surface area contributed by atoms with Crippen LogP contribution in [0.4, 0.5) is 0 Å². The van der Waals surface area contributed by atoms with Crippen molar-refractivity contribution in [2.24, 2.45) is 5.73 Å². The van der Waals surface area contributed by atoms with Crippen LogP contribution in [0.2, 0.25) is 0 Å². The summed E-state index contributed by atoms with van der Waals surface area (Å²) in [5.74, 6) is 0. The minimum Gasteiger partial charge on any atom is -0.378 e. The van der Waals surface area contributed by atoms with E-state index in [1.165, 1.54) is 24.1 Å². The Hall–Kier alpha value is -0.870. The molecule has 0 bridgehead atoms. The largest absolute Gasteiger partial charge is 0.378 e. The first-order chi connectivity index (χ1) is 9.13. The monoisotopic (exact) mass is 265 g/mol. The first-order valence-electron chi connectivity index (χ1n) is 7.54. The summed E-state index contributed by atoms with van der Waals surface area (Å²) < 4.78 is 7.78. The maximum Gasteiger partial charge on any atom is 0.0644 e. The van der Waals surface area contributed by atoms with Crippen LogP contribution in [0.1, 0.15) is 62.0 Å². The SMILES string of the molecule is CCC(N)c1c(C)nn(CCCC2CCCO2)c1C. The molecule has 0 spiro atoms. The minimum atomic E-state index is 0.118. The molecule has 2 unspecified atom stereocenters. The van der Waals surface area contributed by atoms with E-state index >= 15 is 0 Å². The third kappa shape index (κ3) is 3.37. The van der Waals surface area contributed by atoms with Gasteiger partial charge in [0.15, 0.2) is 0 Å². The van der Waals surface area contributed by atoms with Gasteiger partial charge < -0.3 is 10.5 Å². The molecular weight excluding hydrogens is 238 g/mol. The first kappa shape index (κ1) is 14.5. The zero-order valence-corrected chi connectivity index (χ0v) is 12.5. The number of rotatable bonds is 6. The minimum absolute atomic E-state index is 0.118. The average molecular weight is 265 g/mol. The Morgan fingerprint density at radius 3 is 2.89 bits per heavy atom. The van der Waals surface area contributed by atoms with Crippen molar-refractivity contribution in [1.82, 2.24) is 9.78 Å². The van der Waals surface area contributed by atoms with Crippen LogP contribution in [0.15, 0.2) is 0 Å². The normalized spacial score (nSPS) is 20.9. The zero-order chi connectivity index (χ0) is 13.8. The van der Waals surface area contributed by atoms with Crippen LogP contribution in [0.25, 0.3) is 0 Å². The second kappa shape index (κ2) is 6.53. The van der Waals surface area contributed by atoms with Gasteiger partial charge in [-0.3, -0.25) is 4.68 Å². The van der Waals surface area contributed by atoms with Gasteiger partial charge in [-0.25, -0.2) is 0 Å². The molecule has 2 rings (SSSR count). The van der Waals surface area contributed by atoms with E-state index in [2.05, 4.69) is 30.6 Å². The van der Waals surface area contributed by atoms with Gasteiger partial charge >= 0.3 is 0 Å².